The van der Waals surface area contributed by atoms with Gasteiger partial charge in [-0.15, -0.1) is 0 Å². The van der Waals surface area contributed by atoms with Crippen molar-refractivity contribution >= 4 is 23.2 Å². The van der Waals surface area contributed by atoms with Crippen LogP contribution in [0.5, 0.6) is 0 Å². The topological polar surface area (TPSA) is 92.4 Å². The molecule has 30 heavy (non-hydrogen) atoms. The van der Waals surface area contributed by atoms with Crippen LogP contribution < -0.4 is 10.6 Å². The van der Waals surface area contributed by atoms with E-state index in [0.717, 1.165) is 25.4 Å². The summed E-state index contributed by atoms with van der Waals surface area (Å²) < 4.78 is 7.34. The van der Waals surface area contributed by atoms with Crippen LogP contribution in [0.2, 0.25) is 0 Å². The quantitative estimate of drug-likeness (QED) is 0.624. The highest BCUT2D eigenvalue weighted by atomic mass is 16.4. The lowest BCUT2D eigenvalue weighted by atomic mass is 10.2. The first-order valence-electron chi connectivity index (χ1n) is 10.2. The third kappa shape index (κ3) is 4.60. The Morgan fingerprint density at radius 3 is 2.50 bits per heavy atom. The van der Waals surface area contributed by atoms with Gasteiger partial charge in [0.25, 0.3) is 11.8 Å². The normalized spacial score (nSPS) is 14.0. The molecule has 8 heteroatoms. The Morgan fingerprint density at radius 1 is 1.03 bits per heavy atom. The monoisotopic (exact) mass is 407 g/mol. The molecule has 0 spiro atoms. The van der Waals surface area contributed by atoms with Crippen molar-refractivity contribution in [3.63, 3.8) is 0 Å². The highest BCUT2D eigenvalue weighted by Gasteiger charge is 2.17. The summed E-state index contributed by atoms with van der Waals surface area (Å²) in [6.07, 6.45) is 4.01. The molecule has 0 radical (unpaired) electrons. The van der Waals surface area contributed by atoms with Gasteiger partial charge in [-0.1, -0.05) is 6.07 Å². The lowest BCUT2D eigenvalue weighted by molar-refractivity contribution is 0.0991. The van der Waals surface area contributed by atoms with Gasteiger partial charge in [-0.05, 0) is 69.3 Å². The van der Waals surface area contributed by atoms with Crippen LogP contribution in [0.3, 0.4) is 0 Å². The zero-order chi connectivity index (χ0) is 20.9. The summed E-state index contributed by atoms with van der Waals surface area (Å²) in [5.74, 6) is 0.478. The molecule has 0 saturated carbocycles. The fraction of sp³-hybridized carbons (Fsp3) is 0.318. The second-order valence-electron chi connectivity index (χ2n) is 7.27. The summed E-state index contributed by atoms with van der Waals surface area (Å²) >= 11 is 0. The molecule has 2 N–H and O–H groups in total. The predicted octanol–water partition coefficient (Wildman–Crippen LogP) is 3.60. The highest BCUT2D eigenvalue weighted by Crippen LogP contribution is 2.19. The lowest BCUT2D eigenvalue weighted by Gasteiger charge is -2.11. The lowest BCUT2D eigenvalue weighted by Crippen LogP contribution is -2.18. The van der Waals surface area contributed by atoms with Crippen molar-refractivity contribution in [2.75, 3.05) is 23.7 Å². The van der Waals surface area contributed by atoms with E-state index in [9.17, 15) is 9.59 Å². The van der Waals surface area contributed by atoms with Gasteiger partial charge in [0.05, 0.1) is 6.54 Å². The molecular weight excluding hydrogens is 382 g/mol. The van der Waals surface area contributed by atoms with Crippen LogP contribution in [0.25, 0.3) is 0 Å². The van der Waals surface area contributed by atoms with Crippen LogP contribution in [0.4, 0.5) is 11.4 Å². The molecule has 8 nitrogen and oxygen atoms in total. The Labute approximate surface area is 174 Å². The van der Waals surface area contributed by atoms with Gasteiger partial charge in [0.2, 0.25) is 0 Å². The smallest absolute Gasteiger partial charge is 0.291 e. The highest BCUT2D eigenvalue weighted by molar-refractivity contribution is 6.05. The average molecular weight is 407 g/mol. The van der Waals surface area contributed by atoms with Gasteiger partial charge in [0, 0.05) is 24.1 Å². The minimum atomic E-state index is -0.324. The van der Waals surface area contributed by atoms with E-state index in [1.165, 1.54) is 12.8 Å². The molecule has 3 aromatic rings. The number of amides is 2. The molecule has 1 aromatic carbocycles. The Balaban J connectivity index is 1.38. The molecule has 2 amide bonds. The van der Waals surface area contributed by atoms with Gasteiger partial charge < -0.3 is 15.1 Å². The molecule has 4 rings (SSSR count). The van der Waals surface area contributed by atoms with Gasteiger partial charge in [-0.3, -0.25) is 19.2 Å². The van der Waals surface area contributed by atoms with Crippen LogP contribution in [0.15, 0.2) is 53.1 Å². The predicted molar refractivity (Wildman–Crippen MR) is 113 cm³/mol. The minimum absolute atomic E-state index is 0.254. The standard InChI is InChI=1S/C22H25N5O3/c1-2-27-19(10-11-23-27)21(28)24-16-6-5-7-17(14-16)25-22(29)20-9-8-18(30-20)15-26-12-3-4-13-26/h5-11,14H,2-4,12-13,15H2,1H3,(H,24,28)(H,25,29). The molecule has 1 aliphatic rings. The van der Waals surface area contributed by atoms with Crippen LogP contribution in [0.1, 0.15) is 46.6 Å². The summed E-state index contributed by atoms with van der Waals surface area (Å²) in [6, 6.07) is 12.2. The second kappa shape index (κ2) is 8.96. The average Bonchev–Trinajstić information content (AvgIpc) is 3.50. The van der Waals surface area contributed by atoms with Crippen molar-refractivity contribution < 1.29 is 14.0 Å². The first-order valence-corrected chi connectivity index (χ1v) is 10.2. The molecule has 156 valence electrons. The molecule has 1 saturated heterocycles. The first kappa shape index (κ1) is 19.9. The van der Waals surface area contributed by atoms with E-state index in [0.29, 0.717) is 23.6 Å². The Morgan fingerprint density at radius 2 is 1.77 bits per heavy atom. The van der Waals surface area contributed by atoms with Crippen LogP contribution >= 0.6 is 0 Å². The van der Waals surface area contributed by atoms with Crippen molar-refractivity contribution in [1.29, 1.82) is 0 Å². The van der Waals surface area contributed by atoms with Crippen LogP contribution in [0, 0.1) is 0 Å². The molecule has 0 aliphatic carbocycles. The number of carbonyl (C=O) groups excluding carboxylic acids is 2. The molecular formula is C22H25N5O3. The minimum Gasteiger partial charge on any atom is -0.455 e. The molecule has 3 heterocycles. The van der Waals surface area contributed by atoms with E-state index >= 15 is 0 Å². The fourth-order valence-corrected chi connectivity index (χ4v) is 3.59. The SMILES string of the molecule is CCn1nccc1C(=O)Nc1cccc(NC(=O)c2ccc(CN3CCCC3)o2)c1. The summed E-state index contributed by atoms with van der Waals surface area (Å²) in [5, 5.41) is 9.77. The number of aromatic nitrogens is 2. The number of carbonyl (C=O) groups is 2. The van der Waals surface area contributed by atoms with Gasteiger partial charge in [-0.2, -0.15) is 5.10 Å². The maximum atomic E-state index is 12.6. The van der Waals surface area contributed by atoms with Gasteiger partial charge >= 0.3 is 0 Å². The molecule has 0 atom stereocenters. The largest absolute Gasteiger partial charge is 0.455 e. The number of nitrogens with zero attached hydrogens (tertiary/aromatic N) is 3. The summed E-state index contributed by atoms with van der Waals surface area (Å²) in [5.41, 5.74) is 1.63. The van der Waals surface area contributed by atoms with Crippen LogP contribution in [-0.2, 0) is 13.1 Å². The Kier molecular flexibility index (Phi) is 5.94. The van der Waals surface area contributed by atoms with E-state index in [2.05, 4.69) is 20.6 Å². The number of furan rings is 1. The second-order valence-corrected chi connectivity index (χ2v) is 7.27. The van der Waals surface area contributed by atoms with Crippen molar-refractivity contribution in [2.45, 2.75) is 32.9 Å². The van der Waals surface area contributed by atoms with E-state index in [-0.39, 0.29) is 17.6 Å². The third-order valence-corrected chi connectivity index (χ3v) is 5.09. The number of hydrogen-bond donors (Lipinski definition) is 2. The number of anilines is 2. The number of aryl methyl sites for hydroxylation is 1. The van der Waals surface area contributed by atoms with E-state index in [1.54, 1.807) is 47.3 Å². The summed E-state index contributed by atoms with van der Waals surface area (Å²) in [7, 11) is 0. The number of nitrogens with one attached hydrogen (secondary N) is 2. The summed E-state index contributed by atoms with van der Waals surface area (Å²) in [6.45, 7) is 5.39. The number of hydrogen-bond acceptors (Lipinski definition) is 5. The third-order valence-electron chi connectivity index (χ3n) is 5.09. The van der Waals surface area contributed by atoms with Crippen molar-refractivity contribution in [3.8, 4) is 0 Å². The van der Waals surface area contributed by atoms with Gasteiger partial charge in [0.1, 0.15) is 11.5 Å². The number of rotatable bonds is 7. The zero-order valence-electron chi connectivity index (χ0n) is 16.9. The molecule has 0 unspecified atom stereocenters. The molecule has 2 aromatic heterocycles. The molecule has 1 fully saturated rings. The maximum absolute atomic E-state index is 12.6. The Bertz CT molecular complexity index is 1030. The molecule has 0 bridgehead atoms. The van der Waals surface area contributed by atoms with Crippen LogP contribution in [-0.4, -0.2) is 39.6 Å². The number of benzene rings is 1. The van der Waals surface area contributed by atoms with Crippen molar-refractivity contribution in [1.82, 2.24) is 14.7 Å². The van der Waals surface area contributed by atoms with Crippen molar-refractivity contribution in [2.24, 2.45) is 0 Å². The first-order chi connectivity index (χ1) is 14.6. The van der Waals surface area contributed by atoms with Crippen molar-refractivity contribution in [3.05, 3.63) is 65.9 Å². The maximum Gasteiger partial charge on any atom is 0.291 e. The van der Waals surface area contributed by atoms with E-state index < -0.39 is 0 Å². The van der Waals surface area contributed by atoms with E-state index in [4.69, 9.17) is 4.42 Å². The van der Waals surface area contributed by atoms with Gasteiger partial charge in [0.15, 0.2) is 5.76 Å². The Hall–Kier alpha value is -3.39. The number of likely N-dealkylation sites (tertiary alicyclic amines) is 1. The zero-order valence-corrected chi connectivity index (χ0v) is 16.9. The fourth-order valence-electron chi connectivity index (χ4n) is 3.59. The molecule has 1 aliphatic heterocycles. The van der Waals surface area contributed by atoms with Gasteiger partial charge in [-0.25, -0.2) is 0 Å². The van der Waals surface area contributed by atoms with E-state index in [1.807, 2.05) is 13.0 Å². The summed E-state index contributed by atoms with van der Waals surface area (Å²) in [4.78, 5) is 27.3.